The first kappa shape index (κ1) is 14.8. The first-order valence-electron chi connectivity index (χ1n) is 5.92. The van der Waals surface area contributed by atoms with Gasteiger partial charge in [-0.2, -0.15) is 0 Å². The highest BCUT2D eigenvalue weighted by Crippen LogP contribution is 2.13. The highest BCUT2D eigenvalue weighted by molar-refractivity contribution is 5.88. The summed E-state index contributed by atoms with van der Waals surface area (Å²) in [6.45, 7) is 5.55. The minimum atomic E-state index is -0.997. The van der Waals surface area contributed by atoms with Gasteiger partial charge in [0.1, 0.15) is 5.60 Å². The Bertz CT molecular complexity index is 454. The van der Waals surface area contributed by atoms with E-state index in [9.17, 15) is 9.59 Å². The van der Waals surface area contributed by atoms with Gasteiger partial charge in [-0.25, -0.2) is 15.0 Å². The van der Waals surface area contributed by atoms with Gasteiger partial charge in [0.25, 0.3) is 0 Å². The van der Waals surface area contributed by atoms with E-state index in [0.717, 1.165) is 0 Å². The molecule has 1 aromatic carbocycles. The Morgan fingerprint density at radius 3 is 2.32 bits per heavy atom. The Hall–Kier alpha value is -2.24. The Balaban J connectivity index is 2.48. The number of benzene rings is 1. The lowest BCUT2D eigenvalue weighted by Crippen LogP contribution is -2.37. The van der Waals surface area contributed by atoms with Crippen molar-refractivity contribution in [3.05, 3.63) is 29.8 Å². The monoisotopic (exact) mass is 266 g/mol. The molecule has 1 rings (SSSR count). The molecule has 0 spiro atoms. The normalized spacial score (nSPS) is 10.7. The number of aromatic carboxylic acids is 1. The number of carboxylic acid groups (broad SMARTS) is 1. The summed E-state index contributed by atoms with van der Waals surface area (Å²) >= 11 is 0. The molecule has 0 radical (unpaired) electrons. The largest absolute Gasteiger partial charge is 0.478 e. The van der Waals surface area contributed by atoms with E-state index in [4.69, 9.17) is 9.84 Å². The zero-order valence-electron chi connectivity index (χ0n) is 11.2. The Morgan fingerprint density at radius 2 is 1.84 bits per heavy atom. The van der Waals surface area contributed by atoms with Gasteiger partial charge in [-0.3, -0.25) is 5.43 Å². The molecule has 0 aliphatic heterocycles. The molecule has 0 aliphatic carbocycles. The number of hydrogen-bond acceptors (Lipinski definition) is 4. The van der Waals surface area contributed by atoms with E-state index in [1.165, 1.54) is 12.1 Å². The summed E-state index contributed by atoms with van der Waals surface area (Å²) in [6.07, 6.45) is 0.113. The van der Waals surface area contributed by atoms with Crippen molar-refractivity contribution >= 4 is 17.7 Å². The third-order valence-electron chi connectivity index (χ3n) is 2.66. The van der Waals surface area contributed by atoms with Crippen molar-refractivity contribution in [2.75, 3.05) is 5.43 Å². The molecule has 104 valence electrons. The van der Waals surface area contributed by atoms with E-state index in [1.807, 2.05) is 20.8 Å². The van der Waals surface area contributed by atoms with Crippen LogP contribution in [0.4, 0.5) is 10.5 Å². The van der Waals surface area contributed by atoms with E-state index in [0.29, 0.717) is 12.1 Å². The number of carbonyl (C=O) groups excluding carboxylic acids is 1. The van der Waals surface area contributed by atoms with Gasteiger partial charge in [0.05, 0.1) is 11.3 Å². The molecular weight excluding hydrogens is 248 g/mol. The van der Waals surface area contributed by atoms with E-state index >= 15 is 0 Å². The summed E-state index contributed by atoms with van der Waals surface area (Å²) in [7, 11) is 0. The van der Waals surface area contributed by atoms with Gasteiger partial charge < -0.3 is 9.84 Å². The number of anilines is 1. The number of hydrazine groups is 1. The van der Waals surface area contributed by atoms with Gasteiger partial charge in [0, 0.05) is 0 Å². The molecule has 6 heteroatoms. The first-order valence-corrected chi connectivity index (χ1v) is 5.92. The van der Waals surface area contributed by atoms with Crippen LogP contribution in [-0.2, 0) is 4.74 Å². The smallest absolute Gasteiger partial charge is 0.426 e. The fourth-order valence-electron chi connectivity index (χ4n) is 1.17. The van der Waals surface area contributed by atoms with Crippen LogP contribution in [0.15, 0.2) is 24.3 Å². The molecule has 3 N–H and O–H groups in total. The molecule has 6 nitrogen and oxygen atoms in total. The minimum absolute atomic E-state index is 0.181. The fraction of sp³-hybridized carbons (Fsp3) is 0.385. The lowest BCUT2D eigenvalue weighted by molar-refractivity contribution is 0.0375. The minimum Gasteiger partial charge on any atom is -0.478 e. The molecule has 1 amide bonds. The van der Waals surface area contributed by atoms with E-state index in [2.05, 4.69) is 10.9 Å². The zero-order chi connectivity index (χ0) is 14.5. The maximum atomic E-state index is 11.5. The quantitative estimate of drug-likeness (QED) is 0.713. The Morgan fingerprint density at radius 1 is 1.26 bits per heavy atom. The Labute approximate surface area is 111 Å². The van der Waals surface area contributed by atoms with Gasteiger partial charge in [0.15, 0.2) is 0 Å². The molecule has 0 unspecified atom stereocenters. The van der Waals surface area contributed by atoms with Crippen LogP contribution in [0.2, 0.25) is 0 Å². The molecule has 1 aromatic rings. The number of ether oxygens (including phenoxy) is 1. The predicted octanol–water partition coefficient (Wildman–Crippen LogP) is 2.63. The van der Waals surface area contributed by atoms with Crippen LogP contribution in [0.1, 0.15) is 37.6 Å². The van der Waals surface area contributed by atoms with Crippen molar-refractivity contribution in [1.82, 2.24) is 5.43 Å². The van der Waals surface area contributed by atoms with Gasteiger partial charge in [-0.15, -0.1) is 0 Å². The molecule has 0 saturated carbocycles. The summed E-state index contributed by atoms with van der Waals surface area (Å²) in [4.78, 5) is 22.1. The zero-order valence-corrected chi connectivity index (χ0v) is 11.2. The van der Waals surface area contributed by atoms with Crippen molar-refractivity contribution < 1.29 is 19.4 Å². The van der Waals surface area contributed by atoms with Crippen molar-refractivity contribution in [1.29, 1.82) is 0 Å². The number of carboxylic acids is 1. The van der Waals surface area contributed by atoms with Crippen molar-refractivity contribution in [3.63, 3.8) is 0 Å². The molecule has 0 fully saturated rings. The van der Waals surface area contributed by atoms with Crippen LogP contribution >= 0.6 is 0 Å². The SMILES string of the molecule is CCC(C)(C)OC(=O)NNc1ccc(C(=O)O)cc1. The second-order valence-electron chi connectivity index (χ2n) is 4.64. The summed E-state index contributed by atoms with van der Waals surface area (Å²) in [5, 5.41) is 8.74. The van der Waals surface area contributed by atoms with Crippen LogP contribution in [0.25, 0.3) is 0 Å². The number of rotatable bonds is 5. The number of nitrogens with one attached hydrogen (secondary N) is 2. The first-order chi connectivity index (χ1) is 8.84. The second kappa shape index (κ2) is 6.08. The molecule has 19 heavy (non-hydrogen) atoms. The maximum absolute atomic E-state index is 11.5. The molecule has 0 aliphatic rings. The molecule has 0 bridgehead atoms. The van der Waals surface area contributed by atoms with Gasteiger partial charge in [0.2, 0.25) is 0 Å². The molecule has 0 atom stereocenters. The van der Waals surface area contributed by atoms with Crippen molar-refractivity contribution in [2.24, 2.45) is 0 Å². The highest BCUT2D eigenvalue weighted by Gasteiger charge is 2.19. The van der Waals surface area contributed by atoms with Gasteiger partial charge in [-0.05, 0) is 44.5 Å². The van der Waals surface area contributed by atoms with E-state index in [1.54, 1.807) is 12.1 Å². The standard InChI is InChI=1S/C13H18N2O4/c1-4-13(2,3)19-12(18)15-14-10-7-5-9(6-8-10)11(16)17/h5-8,14H,4H2,1-3H3,(H,15,18)(H,16,17). The van der Waals surface area contributed by atoms with Crippen LogP contribution < -0.4 is 10.9 Å². The lowest BCUT2D eigenvalue weighted by atomic mass is 10.1. The number of hydrogen-bond donors (Lipinski definition) is 3. The van der Waals surface area contributed by atoms with Crippen molar-refractivity contribution in [2.45, 2.75) is 32.8 Å². The highest BCUT2D eigenvalue weighted by atomic mass is 16.6. The fourth-order valence-corrected chi connectivity index (χ4v) is 1.17. The Kier molecular flexibility index (Phi) is 4.74. The average molecular weight is 266 g/mol. The molecule has 0 aromatic heterocycles. The molecule has 0 saturated heterocycles. The van der Waals surface area contributed by atoms with E-state index < -0.39 is 17.7 Å². The summed E-state index contributed by atoms with van der Waals surface area (Å²) < 4.78 is 5.16. The summed E-state index contributed by atoms with van der Waals surface area (Å²) in [6, 6.07) is 5.98. The number of amides is 1. The van der Waals surface area contributed by atoms with Gasteiger partial charge >= 0.3 is 12.1 Å². The van der Waals surface area contributed by atoms with Crippen LogP contribution in [0, 0.1) is 0 Å². The molecular formula is C13H18N2O4. The van der Waals surface area contributed by atoms with Crippen LogP contribution in [0.3, 0.4) is 0 Å². The average Bonchev–Trinajstić information content (AvgIpc) is 2.36. The van der Waals surface area contributed by atoms with Gasteiger partial charge in [-0.1, -0.05) is 6.92 Å². The summed E-state index contributed by atoms with van der Waals surface area (Å²) in [5.41, 5.74) is 5.24. The number of carbonyl (C=O) groups is 2. The van der Waals surface area contributed by atoms with E-state index in [-0.39, 0.29) is 5.56 Å². The maximum Gasteiger partial charge on any atom is 0.426 e. The van der Waals surface area contributed by atoms with Crippen molar-refractivity contribution in [3.8, 4) is 0 Å². The third kappa shape index (κ3) is 4.87. The molecule has 0 heterocycles. The van der Waals surface area contributed by atoms with Crippen LogP contribution in [-0.4, -0.2) is 22.8 Å². The third-order valence-corrected chi connectivity index (χ3v) is 2.66. The second-order valence-corrected chi connectivity index (χ2v) is 4.64. The predicted molar refractivity (Wildman–Crippen MR) is 71.0 cm³/mol. The van der Waals surface area contributed by atoms with Crippen LogP contribution in [0.5, 0.6) is 0 Å². The topological polar surface area (TPSA) is 87.7 Å². The lowest BCUT2D eigenvalue weighted by Gasteiger charge is -2.23. The summed E-state index contributed by atoms with van der Waals surface area (Å²) in [5.74, 6) is -0.997.